The van der Waals surface area contributed by atoms with E-state index in [1.165, 1.54) is 14.2 Å². The number of aryl methyl sites for hydroxylation is 1. The van der Waals surface area contributed by atoms with Crippen LogP contribution < -0.4 is 0 Å². The molecule has 0 heterocycles. The normalized spacial score (nSPS) is 11.9. The Kier molecular flexibility index (Phi) is 5.18. The molecule has 1 aromatic carbocycles. The van der Waals surface area contributed by atoms with Crippen LogP contribution in [0, 0.1) is 6.92 Å². The summed E-state index contributed by atoms with van der Waals surface area (Å²) in [5, 5.41) is 0.814. The Labute approximate surface area is 108 Å². The van der Waals surface area contributed by atoms with Crippen LogP contribution in [-0.2, 0) is 25.2 Å². The van der Waals surface area contributed by atoms with Gasteiger partial charge in [0.1, 0.15) is 0 Å². The van der Waals surface area contributed by atoms with Crippen molar-refractivity contribution < 1.29 is 18.6 Å². The van der Waals surface area contributed by atoms with Crippen LogP contribution in [0.5, 0.6) is 0 Å². The number of ketones is 1. The molecule has 0 saturated heterocycles. The lowest BCUT2D eigenvalue weighted by molar-refractivity contribution is -0.172. The Balaban J connectivity index is 2.68. The third kappa shape index (κ3) is 3.75. The molecule has 0 saturated carbocycles. The Morgan fingerprint density at radius 2 is 1.83 bits per heavy atom. The number of carbonyl (C=O) groups excluding carboxylic acids is 2. The second-order valence-electron chi connectivity index (χ2n) is 3.71. The van der Waals surface area contributed by atoms with Gasteiger partial charge in [-0.15, -0.1) is 0 Å². The average molecular weight is 269 g/mol. The molecule has 1 aromatic rings. The zero-order valence-corrected chi connectivity index (χ0v) is 11.3. The Bertz CT molecular complexity index is 469. The molecular weight excluding hydrogens is 254 g/mol. The summed E-state index contributed by atoms with van der Waals surface area (Å²) in [6.45, 7) is 1.91. The molecule has 1 amide bonds. The fourth-order valence-corrected chi connectivity index (χ4v) is 2.18. The van der Waals surface area contributed by atoms with Crippen molar-refractivity contribution in [3.8, 4) is 0 Å². The number of nitrogens with zero attached hydrogens (tertiary/aromatic N) is 1. The van der Waals surface area contributed by atoms with Crippen LogP contribution in [0.3, 0.4) is 0 Å². The lowest BCUT2D eigenvalue weighted by atomic mass is 10.2. The summed E-state index contributed by atoms with van der Waals surface area (Å²) in [4.78, 5) is 28.1. The van der Waals surface area contributed by atoms with Crippen molar-refractivity contribution in [3.63, 3.8) is 0 Å². The number of hydroxylamine groups is 2. The molecule has 0 aromatic heterocycles. The molecule has 0 radical (unpaired) electrons. The van der Waals surface area contributed by atoms with Gasteiger partial charge in [0.25, 0.3) is 0 Å². The van der Waals surface area contributed by atoms with Crippen molar-refractivity contribution in [2.75, 3.05) is 19.9 Å². The van der Waals surface area contributed by atoms with Gasteiger partial charge in [-0.05, 0) is 19.1 Å². The van der Waals surface area contributed by atoms with Crippen molar-refractivity contribution in [2.45, 2.75) is 11.8 Å². The van der Waals surface area contributed by atoms with Gasteiger partial charge in [-0.2, -0.15) is 0 Å². The van der Waals surface area contributed by atoms with Gasteiger partial charge in [0.2, 0.25) is 5.78 Å². The highest BCUT2D eigenvalue weighted by Crippen LogP contribution is 2.08. The van der Waals surface area contributed by atoms with Crippen molar-refractivity contribution in [3.05, 3.63) is 29.8 Å². The number of Topliss-reactive ketones (excluding diaryl/α,β-unsaturated/α-hetero) is 1. The maximum Gasteiger partial charge on any atom is 0.314 e. The maximum atomic E-state index is 11.9. The third-order valence-electron chi connectivity index (χ3n) is 2.34. The van der Waals surface area contributed by atoms with Gasteiger partial charge in [0, 0.05) is 11.9 Å². The van der Waals surface area contributed by atoms with Gasteiger partial charge in [0.05, 0.1) is 23.7 Å². The van der Waals surface area contributed by atoms with E-state index in [-0.39, 0.29) is 5.75 Å². The highest BCUT2D eigenvalue weighted by molar-refractivity contribution is 7.86. The quantitative estimate of drug-likeness (QED) is 0.583. The van der Waals surface area contributed by atoms with Crippen LogP contribution in [0.4, 0.5) is 0 Å². The number of amides is 1. The van der Waals surface area contributed by atoms with Crippen LogP contribution in [-0.4, -0.2) is 40.9 Å². The molecule has 5 nitrogen and oxygen atoms in total. The molecule has 0 aliphatic heterocycles. The van der Waals surface area contributed by atoms with Gasteiger partial charge in [-0.3, -0.25) is 18.6 Å². The van der Waals surface area contributed by atoms with Gasteiger partial charge in [-0.25, -0.2) is 5.06 Å². The molecule has 1 rings (SSSR count). The van der Waals surface area contributed by atoms with Gasteiger partial charge >= 0.3 is 5.91 Å². The minimum absolute atomic E-state index is 0.338. The Morgan fingerprint density at radius 3 is 2.33 bits per heavy atom. The summed E-state index contributed by atoms with van der Waals surface area (Å²) in [6.07, 6.45) is 0. The maximum absolute atomic E-state index is 11.9. The van der Waals surface area contributed by atoms with Crippen LogP contribution in [0.25, 0.3) is 0 Å². The Hall–Kier alpha value is -1.53. The average Bonchev–Trinajstić information content (AvgIpc) is 2.37. The van der Waals surface area contributed by atoms with Crippen LogP contribution in [0.2, 0.25) is 0 Å². The fourth-order valence-electron chi connectivity index (χ4n) is 1.21. The number of hydrogen-bond acceptors (Lipinski definition) is 4. The summed E-state index contributed by atoms with van der Waals surface area (Å²) >= 11 is 0. The van der Waals surface area contributed by atoms with E-state index >= 15 is 0 Å². The van der Waals surface area contributed by atoms with Crippen molar-refractivity contribution in [1.82, 2.24) is 5.06 Å². The third-order valence-corrected chi connectivity index (χ3v) is 3.67. The zero-order chi connectivity index (χ0) is 13.7. The van der Waals surface area contributed by atoms with Gasteiger partial charge in [-0.1, -0.05) is 17.7 Å². The van der Waals surface area contributed by atoms with E-state index < -0.39 is 22.5 Å². The van der Waals surface area contributed by atoms with Crippen molar-refractivity contribution in [2.24, 2.45) is 0 Å². The molecule has 18 heavy (non-hydrogen) atoms. The lowest BCUT2D eigenvalue weighted by Gasteiger charge is -2.12. The summed E-state index contributed by atoms with van der Waals surface area (Å²) in [5.41, 5.74) is 1.04. The summed E-state index contributed by atoms with van der Waals surface area (Å²) < 4.78 is 11.9. The summed E-state index contributed by atoms with van der Waals surface area (Å²) in [5.74, 6) is -1.88. The molecule has 98 valence electrons. The number of benzene rings is 1. The second kappa shape index (κ2) is 6.42. The first-order valence-electron chi connectivity index (χ1n) is 5.25. The van der Waals surface area contributed by atoms with E-state index in [1.54, 1.807) is 24.3 Å². The van der Waals surface area contributed by atoms with E-state index in [0.29, 0.717) is 4.90 Å². The monoisotopic (exact) mass is 269 g/mol. The predicted molar refractivity (Wildman–Crippen MR) is 67.2 cm³/mol. The first-order valence-corrected chi connectivity index (χ1v) is 6.57. The van der Waals surface area contributed by atoms with E-state index in [9.17, 15) is 13.8 Å². The summed E-state index contributed by atoms with van der Waals surface area (Å²) in [7, 11) is 1.09. The SMILES string of the molecule is CON(C)C(=O)C(=O)CS(=O)c1ccc(C)cc1. The van der Waals surface area contributed by atoms with Gasteiger partial charge in [0.15, 0.2) is 0 Å². The van der Waals surface area contributed by atoms with E-state index in [4.69, 9.17) is 0 Å². The van der Waals surface area contributed by atoms with Crippen LogP contribution >= 0.6 is 0 Å². The second-order valence-corrected chi connectivity index (χ2v) is 5.16. The molecule has 0 N–H and O–H groups in total. The minimum atomic E-state index is -1.51. The van der Waals surface area contributed by atoms with E-state index in [0.717, 1.165) is 10.6 Å². The van der Waals surface area contributed by atoms with Crippen molar-refractivity contribution >= 4 is 22.5 Å². The minimum Gasteiger partial charge on any atom is -0.288 e. The molecule has 1 unspecified atom stereocenters. The van der Waals surface area contributed by atoms with Gasteiger partial charge < -0.3 is 0 Å². The standard InChI is InChI=1S/C12H15NO4S/c1-9-4-6-10(7-5-9)18(16)8-11(14)12(15)13(2)17-3/h4-7H,8H2,1-3H3. The number of likely N-dealkylation sites (N-methyl/N-ethyl adjacent to an activating group) is 1. The molecular formula is C12H15NO4S. The van der Waals surface area contributed by atoms with Crippen LogP contribution in [0.1, 0.15) is 5.56 Å². The molecule has 0 fully saturated rings. The first kappa shape index (κ1) is 14.5. The molecule has 6 heteroatoms. The topological polar surface area (TPSA) is 63.7 Å². The van der Waals surface area contributed by atoms with Crippen LogP contribution in [0.15, 0.2) is 29.2 Å². The highest BCUT2D eigenvalue weighted by Gasteiger charge is 2.21. The Morgan fingerprint density at radius 1 is 1.28 bits per heavy atom. The summed E-state index contributed by atoms with van der Waals surface area (Å²) in [6, 6.07) is 6.98. The molecule has 0 spiro atoms. The zero-order valence-electron chi connectivity index (χ0n) is 10.5. The molecule has 0 aliphatic rings. The number of carbonyl (C=O) groups is 2. The number of rotatable bonds is 5. The first-order chi connectivity index (χ1) is 8.45. The highest BCUT2D eigenvalue weighted by atomic mass is 32.2. The predicted octanol–water partition coefficient (Wildman–Crippen LogP) is 0.692. The van der Waals surface area contributed by atoms with E-state index in [2.05, 4.69) is 4.84 Å². The number of hydrogen-bond donors (Lipinski definition) is 0. The molecule has 1 atom stereocenters. The van der Waals surface area contributed by atoms with E-state index in [1.807, 2.05) is 6.92 Å². The fraction of sp³-hybridized carbons (Fsp3) is 0.333. The molecule has 0 aliphatic carbocycles. The van der Waals surface area contributed by atoms with Crippen molar-refractivity contribution in [1.29, 1.82) is 0 Å². The molecule has 0 bridgehead atoms. The smallest absolute Gasteiger partial charge is 0.288 e. The largest absolute Gasteiger partial charge is 0.314 e. The lowest BCUT2D eigenvalue weighted by Crippen LogP contribution is -2.35.